The van der Waals surface area contributed by atoms with E-state index in [0.717, 1.165) is 0 Å². The van der Waals surface area contributed by atoms with Crippen LogP contribution in [-0.4, -0.2) is 42.4 Å². The van der Waals surface area contributed by atoms with Crippen molar-refractivity contribution in [2.24, 2.45) is 0 Å². The maximum Gasteiger partial charge on any atom is 0.272 e. The zero-order valence-electron chi connectivity index (χ0n) is 11.2. The van der Waals surface area contributed by atoms with Crippen molar-refractivity contribution in [3.05, 3.63) is 39.4 Å². The lowest BCUT2D eigenvalue weighted by Gasteiger charge is -2.34. The highest BCUT2D eigenvalue weighted by Crippen LogP contribution is 2.31. The van der Waals surface area contributed by atoms with Crippen LogP contribution in [0.4, 0.5) is 14.5 Å². The molecule has 1 aliphatic rings. The second-order valence-electron chi connectivity index (χ2n) is 4.87. The van der Waals surface area contributed by atoms with Gasteiger partial charge in [-0.25, -0.2) is 8.78 Å². The molecule has 0 amide bonds. The summed E-state index contributed by atoms with van der Waals surface area (Å²) in [5.41, 5.74) is 0.676. The van der Waals surface area contributed by atoms with Crippen LogP contribution in [0.2, 0.25) is 0 Å². The molecule has 110 valence electrons. The Morgan fingerprint density at radius 3 is 2.55 bits per heavy atom. The van der Waals surface area contributed by atoms with Crippen molar-refractivity contribution in [3.63, 3.8) is 0 Å². The Hall–Kier alpha value is -1.60. The largest absolute Gasteiger partial charge is 0.314 e. The maximum absolute atomic E-state index is 13.4. The first kappa shape index (κ1) is 14.8. The molecule has 1 aromatic carbocycles. The number of nitro benzene ring substituents is 1. The number of piperazine rings is 1. The van der Waals surface area contributed by atoms with E-state index < -0.39 is 17.4 Å². The number of nitrogens with zero attached hydrogens (tertiary/aromatic N) is 2. The van der Waals surface area contributed by atoms with E-state index in [9.17, 15) is 18.9 Å². The predicted molar refractivity (Wildman–Crippen MR) is 71.0 cm³/mol. The number of benzene rings is 1. The van der Waals surface area contributed by atoms with Gasteiger partial charge in [-0.2, -0.15) is 0 Å². The van der Waals surface area contributed by atoms with E-state index in [1.807, 2.05) is 0 Å². The van der Waals surface area contributed by atoms with Crippen molar-refractivity contribution >= 4 is 5.69 Å². The maximum atomic E-state index is 13.4. The van der Waals surface area contributed by atoms with Gasteiger partial charge in [0.2, 0.25) is 0 Å². The van der Waals surface area contributed by atoms with Crippen molar-refractivity contribution in [3.8, 4) is 0 Å². The van der Waals surface area contributed by atoms with Gasteiger partial charge >= 0.3 is 0 Å². The summed E-state index contributed by atoms with van der Waals surface area (Å²) in [5, 5.41) is 14.0. The molecule has 1 N–H and O–H groups in total. The van der Waals surface area contributed by atoms with Crippen LogP contribution < -0.4 is 5.32 Å². The Morgan fingerprint density at radius 1 is 1.35 bits per heavy atom. The third-order valence-electron chi connectivity index (χ3n) is 3.56. The number of aryl methyl sites for hydroxylation is 1. The van der Waals surface area contributed by atoms with E-state index in [0.29, 0.717) is 37.3 Å². The zero-order chi connectivity index (χ0) is 14.7. The van der Waals surface area contributed by atoms with Crippen molar-refractivity contribution < 1.29 is 13.7 Å². The van der Waals surface area contributed by atoms with Crippen molar-refractivity contribution in [2.45, 2.75) is 19.4 Å². The smallest absolute Gasteiger partial charge is 0.272 e. The minimum absolute atomic E-state index is 0.108. The standard InChI is InChI=1S/C13H17F2N3O2/c1-9-2-3-10(8-11(9)18(19)20)12(13(14)15)17-6-4-16-5-7-17/h2-3,8,12-13,16H,4-7H2,1H3/t12-/m0/s1. The summed E-state index contributed by atoms with van der Waals surface area (Å²) in [4.78, 5) is 12.1. The van der Waals surface area contributed by atoms with Gasteiger partial charge in [-0.3, -0.25) is 15.0 Å². The molecule has 5 nitrogen and oxygen atoms in total. The van der Waals surface area contributed by atoms with Gasteiger partial charge in [0, 0.05) is 37.8 Å². The Balaban J connectivity index is 2.33. The Morgan fingerprint density at radius 2 is 2.00 bits per heavy atom. The average Bonchev–Trinajstić information content (AvgIpc) is 2.41. The third-order valence-corrected chi connectivity index (χ3v) is 3.56. The minimum Gasteiger partial charge on any atom is -0.314 e. The molecular formula is C13H17F2N3O2. The van der Waals surface area contributed by atoms with Gasteiger partial charge in [0.05, 0.1) is 11.0 Å². The summed E-state index contributed by atoms with van der Waals surface area (Å²) in [6, 6.07) is 3.27. The number of nitrogens with one attached hydrogen (secondary N) is 1. The molecule has 0 aliphatic carbocycles. The normalized spacial score (nSPS) is 18.2. The van der Waals surface area contributed by atoms with Crippen LogP contribution >= 0.6 is 0 Å². The number of hydrogen-bond acceptors (Lipinski definition) is 4. The fraction of sp³-hybridized carbons (Fsp3) is 0.538. The van der Waals surface area contributed by atoms with Gasteiger partial charge in [-0.1, -0.05) is 12.1 Å². The summed E-state index contributed by atoms with van der Waals surface area (Å²) >= 11 is 0. The van der Waals surface area contributed by atoms with Crippen LogP contribution in [0.3, 0.4) is 0 Å². The SMILES string of the molecule is Cc1ccc([C@@H](C(F)F)N2CCNCC2)cc1[N+](=O)[O-]. The van der Waals surface area contributed by atoms with E-state index >= 15 is 0 Å². The Labute approximate surface area is 115 Å². The second-order valence-corrected chi connectivity index (χ2v) is 4.87. The molecule has 0 aromatic heterocycles. The average molecular weight is 285 g/mol. The molecule has 7 heteroatoms. The monoisotopic (exact) mass is 285 g/mol. The molecule has 1 fully saturated rings. The summed E-state index contributed by atoms with van der Waals surface area (Å²) in [5.74, 6) is 0. The van der Waals surface area contributed by atoms with E-state index in [-0.39, 0.29) is 5.69 Å². The van der Waals surface area contributed by atoms with Crippen LogP contribution in [0.1, 0.15) is 17.2 Å². The Bertz CT molecular complexity index is 491. The first-order valence-corrected chi connectivity index (χ1v) is 6.48. The molecule has 0 radical (unpaired) electrons. The fourth-order valence-electron chi connectivity index (χ4n) is 2.48. The molecule has 2 rings (SSSR count). The predicted octanol–water partition coefficient (Wildman–Crippen LogP) is 2.11. The highest BCUT2D eigenvalue weighted by molar-refractivity contribution is 5.43. The molecule has 1 aliphatic heterocycles. The van der Waals surface area contributed by atoms with Gasteiger partial charge in [0.25, 0.3) is 12.1 Å². The van der Waals surface area contributed by atoms with Crippen LogP contribution in [-0.2, 0) is 0 Å². The van der Waals surface area contributed by atoms with Crippen LogP contribution in [0.5, 0.6) is 0 Å². The number of rotatable bonds is 4. The van der Waals surface area contributed by atoms with Crippen molar-refractivity contribution in [1.29, 1.82) is 0 Å². The summed E-state index contributed by atoms with van der Waals surface area (Å²) in [7, 11) is 0. The topological polar surface area (TPSA) is 58.4 Å². The van der Waals surface area contributed by atoms with E-state index in [4.69, 9.17) is 0 Å². The molecule has 0 unspecified atom stereocenters. The van der Waals surface area contributed by atoms with Gasteiger partial charge in [-0.15, -0.1) is 0 Å². The van der Waals surface area contributed by atoms with Crippen molar-refractivity contribution in [2.75, 3.05) is 26.2 Å². The van der Waals surface area contributed by atoms with Crippen LogP contribution in [0.25, 0.3) is 0 Å². The lowest BCUT2D eigenvalue weighted by molar-refractivity contribution is -0.385. The first-order valence-electron chi connectivity index (χ1n) is 6.48. The summed E-state index contributed by atoms with van der Waals surface area (Å²) in [6.07, 6.45) is -2.57. The summed E-state index contributed by atoms with van der Waals surface area (Å²) < 4.78 is 26.7. The highest BCUT2D eigenvalue weighted by Gasteiger charge is 2.31. The lowest BCUT2D eigenvalue weighted by atomic mass is 10.0. The van der Waals surface area contributed by atoms with Gasteiger partial charge in [0.15, 0.2) is 0 Å². The van der Waals surface area contributed by atoms with Gasteiger partial charge < -0.3 is 5.32 Å². The van der Waals surface area contributed by atoms with Crippen LogP contribution in [0, 0.1) is 17.0 Å². The fourth-order valence-corrected chi connectivity index (χ4v) is 2.48. The van der Waals surface area contributed by atoms with Gasteiger partial charge in [-0.05, 0) is 12.5 Å². The summed E-state index contributed by atoms with van der Waals surface area (Å²) in [6.45, 7) is 3.92. The number of hydrogen-bond donors (Lipinski definition) is 1. The molecule has 1 atom stereocenters. The number of alkyl halides is 2. The van der Waals surface area contributed by atoms with Gasteiger partial charge in [0.1, 0.15) is 0 Å². The number of nitro groups is 1. The molecule has 0 bridgehead atoms. The van der Waals surface area contributed by atoms with E-state index in [1.165, 1.54) is 12.1 Å². The Kier molecular flexibility index (Phi) is 4.61. The molecule has 1 saturated heterocycles. The first-order chi connectivity index (χ1) is 9.50. The molecule has 0 spiro atoms. The van der Waals surface area contributed by atoms with E-state index in [1.54, 1.807) is 17.9 Å². The minimum atomic E-state index is -2.57. The molecular weight excluding hydrogens is 268 g/mol. The lowest BCUT2D eigenvalue weighted by Crippen LogP contribution is -2.46. The highest BCUT2D eigenvalue weighted by atomic mass is 19.3. The van der Waals surface area contributed by atoms with Crippen molar-refractivity contribution in [1.82, 2.24) is 10.2 Å². The quantitative estimate of drug-likeness (QED) is 0.680. The zero-order valence-corrected chi connectivity index (χ0v) is 11.2. The van der Waals surface area contributed by atoms with E-state index in [2.05, 4.69) is 5.32 Å². The third kappa shape index (κ3) is 3.10. The second kappa shape index (κ2) is 6.23. The number of halogens is 2. The van der Waals surface area contributed by atoms with Crippen LogP contribution in [0.15, 0.2) is 18.2 Å². The molecule has 1 aromatic rings. The molecule has 20 heavy (non-hydrogen) atoms. The molecule has 1 heterocycles. The molecule has 0 saturated carbocycles.